The number of urea groups is 1. The molecule has 1 saturated heterocycles. The second-order valence-corrected chi connectivity index (χ2v) is 3.37. The minimum atomic E-state index is -4.57. The van der Waals surface area contributed by atoms with Crippen LogP contribution in [0.3, 0.4) is 0 Å². The molecule has 0 radical (unpaired) electrons. The van der Waals surface area contributed by atoms with E-state index < -0.39 is 24.7 Å². The van der Waals surface area contributed by atoms with Gasteiger partial charge in [0.15, 0.2) is 5.92 Å². The van der Waals surface area contributed by atoms with Gasteiger partial charge >= 0.3 is 12.2 Å². The summed E-state index contributed by atoms with van der Waals surface area (Å²) >= 11 is 0. The van der Waals surface area contributed by atoms with E-state index in [1.165, 1.54) is 18.0 Å². The van der Waals surface area contributed by atoms with Crippen molar-refractivity contribution in [3.8, 4) is 6.07 Å². The molecule has 0 spiro atoms. The Bertz CT molecular complexity index is 296. The lowest BCUT2D eigenvalue weighted by Crippen LogP contribution is -2.38. The molecule has 1 heterocycles. The normalized spacial score (nSPS) is 19.3. The SMILES string of the molecule is CN1CCN(CC(C#N)C(F)(F)F)C1=O. The Morgan fingerprint density at radius 1 is 1.53 bits per heavy atom. The molecule has 0 N–H and O–H groups in total. The van der Waals surface area contributed by atoms with Crippen molar-refractivity contribution in [2.75, 3.05) is 26.7 Å². The van der Waals surface area contributed by atoms with Crippen LogP contribution in [-0.4, -0.2) is 48.7 Å². The second kappa shape index (κ2) is 3.96. The van der Waals surface area contributed by atoms with E-state index in [4.69, 9.17) is 5.26 Å². The highest BCUT2D eigenvalue weighted by Gasteiger charge is 2.42. The smallest absolute Gasteiger partial charge is 0.326 e. The molecule has 0 bridgehead atoms. The number of halogens is 3. The lowest BCUT2D eigenvalue weighted by Gasteiger charge is -2.20. The van der Waals surface area contributed by atoms with Gasteiger partial charge in [0.2, 0.25) is 0 Å². The summed E-state index contributed by atoms with van der Waals surface area (Å²) in [7, 11) is 1.51. The van der Waals surface area contributed by atoms with Crippen molar-refractivity contribution < 1.29 is 18.0 Å². The molecule has 0 aromatic heterocycles. The third-order valence-corrected chi connectivity index (χ3v) is 2.26. The Morgan fingerprint density at radius 3 is 2.47 bits per heavy atom. The van der Waals surface area contributed by atoms with Crippen molar-refractivity contribution >= 4 is 6.03 Å². The van der Waals surface area contributed by atoms with Gasteiger partial charge in [-0.15, -0.1) is 0 Å². The van der Waals surface area contributed by atoms with Gasteiger partial charge in [-0.3, -0.25) is 0 Å². The van der Waals surface area contributed by atoms with Crippen molar-refractivity contribution in [1.82, 2.24) is 9.80 Å². The highest BCUT2D eigenvalue weighted by molar-refractivity contribution is 5.76. The summed E-state index contributed by atoms with van der Waals surface area (Å²) in [5.41, 5.74) is 0. The molecule has 7 heteroatoms. The van der Waals surface area contributed by atoms with Gasteiger partial charge < -0.3 is 9.80 Å². The molecule has 0 aromatic carbocycles. The van der Waals surface area contributed by atoms with Crippen LogP contribution in [0.1, 0.15) is 0 Å². The lowest BCUT2D eigenvalue weighted by atomic mass is 10.1. The maximum absolute atomic E-state index is 12.2. The van der Waals surface area contributed by atoms with Crippen LogP contribution in [0.2, 0.25) is 0 Å². The van der Waals surface area contributed by atoms with Crippen LogP contribution in [0.15, 0.2) is 0 Å². The summed E-state index contributed by atoms with van der Waals surface area (Å²) in [6.45, 7) is 0.0571. The molecular weight excluding hydrogens is 211 g/mol. The molecule has 1 rings (SSSR count). The molecule has 4 nitrogen and oxygen atoms in total. The zero-order valence-electron chi connectivity index (χ0n) is 8.08. The summed E-state index contributed by atoms with van der Waals surface area (Å²) in [4.78, 5) is 13.6. The first-order valence-electron chi connectivity index (χ1n) is 4.32. The van der Waals surface area contributed by atoms with Crippen molar-refractivity contribution in [3.05, 3.63) is 0 Å². The van der Waals surface area contributed by atoms with Crippen molar-refractivity contribution in [1.29, 1.82) is 5.26 Å². The summed E-state index contributed by atoms with van der Waals surface area (Å²) in [5, 5.41) is 8.35. The van der Waals surface area contributed by atoms with E-state index in [9.17, 15) is 18.0 Å². The number of nitriles is 1. The Morgan fingerprint density at radius 2 is 2.13 bits per heavy atom. The first-order chi connectivity index (χ1) is 6.86. The molecule has 1 aliphatic heterocycles. The van der Waals surface area contributed by atoms with E-state index in [0.717, 1.165) is 4.90 Å². The number of nitrogens with zero attached hydrogens (tertiary/aromatic N) is 3. The summed E-state index contributed by atoms with van der Waals surface area (Å²) in [5.74, 6) is -2.10. The average Bonchev–Trinajstić information content (AvgIpc) is 2.43. The van der Waals surface area contributed by atoms with Gasteiger partial charge in [0.1, 0.15) is 0 Å². The average molecular weight is 221 g/mol. The van der Waals surface area contributed by atoms with Crippen LogP contribution in [0.4, 0.5) is 18.0 Å². The molecular formula is C8H10F3N3O. The fourth-order valence-electron chi connectivity index (χ4n) is 1.31. The van der Waals surface area contributed by atoms with E-state index in [0.29, 0.717) is 6.54 Å². The molecule has 1 aliphatic rings. The van der Waals surface area contributed by atoms with Gasteiger partial charge in [-0.05, 0) is 0 Å². The van der Waals surface area contributed by atoms with E-state index in [-0.39, 0.29) is 6.54 Å². The number of hydrogen-bond acceptors (Lipinski definition) is 2. The van der Waals surface area contributed by atoms with Crippen molar-refractivity contribution in [2.24, 2.45) is 5.92 Å². The minimum Gasteiger partial charge on any atom is -0.326 e. The van der Waals surface area contributed by atoms with Crippen LogP contribution < -0.4 is 0 Å². The Labute approximate surface area is 84.9 Å². The Balaban J connectivity index is 2.62. The Kier molecular flexibility index (Phi) is 3.07. The second-order valence-electron chi connectivity index (χ2n) is 3.37. The number of amides is 2. The maximum Gasteiger partial charge on any atom is 0.406 e. The highest BCUT2D eigenvalue weighted by atomic mass is 19.4. The van der Waals surface area contributed by atoms with Crippen molar-refractivity contribution in [3.63, 3.8) is 0 Å². The van der Waals surface area contributed by atoms with E-state index in [1.807, 2.05) is 0 Å². The van der Waals surface area contributed by atoms with Crippen LogP contribution in [0, 0.1) is 17.2 Å². The first kappa shape index (κ1) is 11.6. The number of hydrogen-bond donors (Lipinski definition) is 0. The maximum atomic E-state index is 12.2. The predicted molar refractivity (Wildman–Crippen MR) is 44.8 cm³/mol. The topological polar surface area (TPSA) is 47.3 Å². The van der Waals surface area contributed by atoms with Gasteiger partial charge in [0.25, 0.3) is 0 Å². The fraction of sp³-hybridized carbons (Fsp3) is 0.750. The van der Waals surface area contributed by atoms with Crippen LogP contribution in [0.25, 0.3) is 0 Å². The minimum absolute atomic E-state index is 0.240. The first-order valence-corrected chi connectivity index (χ1v) is 4.32. The molecule has 0 saturated carbocycles. The third kappa shape index (κ3) is 2.52. The van der Waals surface area contributed by atoms with Crippen LogP contribution >= 0.6 is 0 Å². The quantitative estimate of drug-likeness (QED) is 0.699. The molecule has 15 heavy (non-hydrogen) atoms. The van der Waals surface area contributed by atoms with Crippen LogP contribution in [-0.2, 0) is 0 Å². The summed E-state index contributed by atoms with van der Waals surface area (Å²) < 4.78 is 36.7. The van der Waals surface area contributed by atoms with Gasteiger partial charge in [-0.25, -0.2) is 4.79 Å². The molecule has 0 aliphatic carbocycles. The monoisotopic (exact) mass is 221 g/mol. The summed E-state index contributed by atoms with van der Waals surface area (Å²) in [6, 6.07) is 0.708. The zero-order chi connectivity index (χ0) is 11.6. The molecule has 84 valence electrons. The number of alkyl halides is 3. The zero-order valence-corrected chi connectivity index (χ0v) is 8.08. The number of rotatable bonds is 2. The standard InChI is InChI=1S/C8H10F3N3O/c1-13-2-3-14(7(13)15)5-6(4-12)8(9,10)11/h6H,2-3,5H2,1H3. The van der Waals surface area contributed by atoms with Crippen molar-refractivity contribution in [2.45, 2.75) is 6.18 Å². The molecule has 0 aromatic rings. The fourth-order valence-corrected chi connectivity index (χ4v) is 1.31. The van der Waals surface area contributed by atoms with Gasteiger partial charge in [-0.1, -0.05) is 0 Å². The predicted octanol–water partition coefficient (Wildman–Crippen LogP) is 1.06. The number of carbonyl (C=O) groups is 1. The number of carbonyl (C=O) groups excluding carboxylic acids is 1. The van der Waals surface area contributed by atoms with Gasteiger partial charge in [-0.2, -0.15) is 18.4 Å². The molecule has 1 fully saturated rings. The largest absolute Gasteiger partial charge is 0.406 e. The molecule has 1 atom stereocenters. The third-order valence-electron chi connectivity index (χ3n) is 2.26. The van der Waals surface area contributed by atoms with E-state index >= 15 is 0 Å². The Hall–Kier alpha value is -1.45. The molecule has 2 amide bonds. The van der Waals surface area contributed by atoms with Crippen LogP contribution in [0.5, 0.6) is 0 Å². The van der Waals surface area contributed by atoms with E-state index in [2.05, 4.69) is 0 Å². The number of likely N-dealkylation sites (N-methyl/N-ethyl adjacent to an activating group) is 1. The highest BCUT2D eigenvalue weighted by Crippen LogP contribution is 2.27. The lowest BCUT2D eigenvalue weighted by molar-refractivity contribution is -0.161. The molecule has 1 unspecified atom stereocenters. The van der Waals surface area contributed by atoms with Gasteiger partial charge in [0, 0.05) is 26.7 Å². The van der Waals surface area contributed by atoms with E-state index in [1.54, 1.807) is 0 Å². The van der Waals surface area contributed by atoms with Gasteiger partial charge in [0.05, 0.1) is 6.07 Å². The summed E-state index contributed by atoms with van der Waals surface area (Å²) in [6.07, 6.45) is -4.57.